The molecule has 0 aromatic heterocycles. The van der Waals surface area contributed by atoms with Crippen LogP contribution < -0.4 is 0 Å². The highest BCUT2D eigenvalue weighted by molar-refractivity contribution is 14.1. The third-order valence-electron chi connectivity index (χ3n) is 1.76. The van der Waals surface area contributed by atoms with Crippen LogP contribution >= 0.6 is 34.2 Å². The number of hydrogen-bond donors (Lipinski definition) is 0. The topological polar surface area (TPSA) is 40.9 Å². The Bertz CT molecular complexity index is 398. The van der Waals surface area contributed by atoms with Crippen molar-refractivity contribution in [2.75, 3.05) is 5.88 Å². The van der Waals surface area contributed by atoms with Crippen molar-refractivity contribution in [3.05, 3.63) is 32.9 Å². The molecule has 0 aliphatic rings. The number of Topliss-reactive ketones (excluding diaryl/α,β-unsaturated/α-hetero) is 1. The predicted molar refractivity (Wildman–Crippen MR) is 63.3 cm³/mol. The zero-order valence-electron chi connectivity index (χ0n) is 7.26. The fourth-order valence-electron chi connectivity index (χ4n) is 1.09. The van der Waals surface area contributed by atoms with Gasteiger partial charge in [-0.05, 0) is 40.3 Å². The van der Waals surface area contributed by atoms with Gasteiger partial charge in [-0.3, -0.25) is 4.79 Å². The normalized spacial score (nSPS) is 9.50. The molecule has 72 valence electrons. The lowest BCUT2D eigenvalue weighted by Gasteiger charge is -2.04. The first-order chi connectivity index (χ1) is 6.69. The molecule has 1 aromatic carbocycles. The number of hydrogen-bond acceptors (Lipinski definition) is 2. The Balaban J connectivity index is 3.06. The molecule has 4 heteroatoms. The molecule has 1 rings (SSSR count). The van der Waals surface area contributed by atoms with Crippen molar-refractivity contribution in [3.63, 3.8) is 0 Å². The number of rotatable bonds is 3. The van der Waals surface area contributed by atoms with E-state index in [9.17, 15) is 4.79 Å². The number of carbonyl (C=O) groups is 1. The van der Waals surface area contributed by atoms with Crippen LogP contribution in [-0.2, 0) is 11.2 Å². The highest BCUT2D eigenvalue weighted by Crippen LogP contribution is 2.17. The quantitative estimate of drug-likeness (QED) is 0.634. The zero-order chi connectivity index (χ0) is 10.6. The van der Waals surface area contributed by atoms with Crippen LogP contribution in [0.2, 0.25) is 0 Å². The minimum atomic E-state index is -0.0627. The molecule has 0 unspecified atom stereocenters. The summed E-state index contributed by atoms with van der Waals surface area (Å²) in [5.41, 5.74) is 1.33. The highest BCUT2D eigenvalue weighted by Gasteiger charge is 2.10. The number of ketones is 1. The van der Waals surface area contributed by atoms with E-state index in [0.29, 0.717) is 5.56 Å². The summed E-state index contributed by atoms with van der Waals surface area (Å²) < 4.78 is 0.931. The van der Waals surface area contributed by atoms with Crippen LogP contribution in [-0.4, -0.2) is 11.7 Å². The van der Waals surface area contributed by atoms with Gasteiger partial charge < -0.3 is 0 Å². The summed E-state index contributed by atoms with van der Waals surface area (Å²) in [6.07, 6.45) is 0.242. The summed E-state index contributed by atoms with van der Waals surface area (Å²) >= 11 is 7.53. The molecular formula is C10H7ClINO. The Labute approximate surface area is 101 Å². The van der Waals surface area contributed by atoms with Gasteiger partial charge in [0.25, 0.3) is 0 Å². The fraction of sp³-hybridized carbons (Fsp3) is 0.200. The number of nitrogens with zero attached hydrogens (tertiary/aromatic N) is 1. The van der Waals surface area contributed by atoms with E-state index >= 15 is 0 Å². The molecule has 0 amide bonds. The van der Waals surface area contributed by atoms with Crippen molar-refractivity contribution in [2.24, 2.45) is 0 Å². The van der Waals surface area contributed by atoms with E-state index in [1.54, 1.807) is 12.1 Å². The number of benzene rings is 1. The third-order valence-corrected chi connectivity index (χ3v) is 3.07. The van der Waals surface area contributed by atoms with Gasteiger partial charge in [0, 0.05) is 9.99 Å². The van der Waals surface area contributed by atoms with Crippen LogP contribution in [0, 0.1) is 14.9 Å². The summed E-state index contributed by atoms with van der Waals surface area (Å²) in [4.78, 5) is 11.2. The van der Waals surface area contributed by atoms with E-state index in [-0.39, 0.29) is 18.1 Å². The van der Waals surface area contributed by atoms with Gasteiger partial charge in [0.1, 0.15) is 0 Å². The number of halogens is 2. The van der Waals surface area contributed by atoms with Crippen LogP contribution in [0.1, 0.15) is 11.1 Å². The molecule has 0 N–H and O–H groups in total. The summed E-state index contributed by atoms with van der Waals surface area (Å²) in [5, 5.41) is 8.83. The van der Waals surface area contributed by atoms with Gasteiger partial charge in [0.2, 0.25) is 0 Å². The van der Waals surface area contributed by atoms with E-state index in [2.05, 4.69) is 28.7 Å². The van der Waals surface area contributed by atoms with E-state index in [0.717, 1.165) is 9.13 Å². The Hall–Kier alpha value is -0.600. The highest BCUT2D eigenvalue weighted by atomic mass is 127. The molecule has 0 bridgehead atoms. The van der Waals surface area contributed by atoms with Crippen molar-refractivity contribution in [1.29, 1.82) is 5.26 Å². The SMILES string of the molecule is N#Cc1cccc(I)c1CC(=O)CCl. The Morgan fingerprint density at radius 3 is 2.86 bits per heavy atom. The second-order valence-electron chi connectivity index (χ2n) is 2.73. The smallest absolute Gasteiger partial charge is 0.152 e. The molecule has 0 atom stereocenters. The molecule has 0 saturated heterocycles. The number of nitriles is 1. The first-order valence-corrected chi connectivity index (χ1v) is 5.55. The maximum atomic E-state index is 11.2. The zero-order valence-corrected chi connectivity index (χ0v) is 10.2. The van der Waals surface area contributed by atoms with Gasteiger partial charge in [0.05, 0.1) is 17.5 Å². The third kappa shape index (κ3) is 2.69. The minimum Gasteiger partial charge on any atom is -0.298 e. The van der Waals surface area contributed by atoms with Gasteiger partial charge in [-0.2, -0.15) is 5.26 Å². The first kappa shape index (κ1) is 11.5. The van der Waals surface area contributed by atoms with Crippen molar-refractivity contribution < 1.29 is 4.79 Å². The molecule has 0 aliphatic carbocycles. The van der Waals surface area contributed by atoms with Gasteiger partial charge in [-0.15, -0.1) is 11.6 Å². The molecule has 0 spiro atoms. The van der Waals surface area contributed by atoms with Gasteiger partial charge in [-0.25, -0.2) is 0 Å². The molecule has 0 fully saturated rings. The summed E-state index contributed by atoms with van der Waals surface area (Å²) in [6, 6.07) is 7.45. The minimum absolute atomic E-state index is 0.00412. The average Bonchev–Trinajstić information content (AvgIpc) is 2.20. The second kappa shape index (κ2) is 5.32. The van der Waals surface area contributed by atoms with Crippen LogP contribution in [0.15, 0.2) is 18.2 Å². The molecule has 0 radical (unpaired) electrons. The molecule has 0 saturated carbocycles. The number of carbonyl (C=O) groups excluding carboxylic acids is 1. The molecule has 1 aromatic rings. The maximum absolute atomic E-state index is 11.2. The van der Waals surface area contributed by atoms with E-state index < -0.39 is 0 Å². The lowest BCUT2D eigenvalue weighted by molar-refractivity contribution is -0.116. The largest absolute Gasteiger partial charge is 0.298 e. The molecule has 0 heterocycles. The van der Waals surface area contributed by atoms with Gasteiger partial charge >= 0.3 is 0 Å². The Kier molecular flexibility index (Phi) is 4.36. The molecule has 2 nitrogen and oxygen atoms in total. The molecule has 14 heavy (non-hydrogen) atoms. The van der Waals surface area contributed by atoms with Crippen LogP contribution in [0.4, 0.5) is 0 Å². The van der Waals surface area contributed by atoms with Crippen LogP contribution in [0.25, 0.3) is 0 Å². The lowest BCUT2D eigenvalue weighted by Crippen LogP contribution is -2.07. The second-order valence-corrected chi connectivity index (χ2v) is 4.16. The molecule has 0 aliphatic heterocycles. The van der Waals surface area contributed by atoms with Crippen molar-refractivity contribution in [1.82, 2.24) is 0 Å². The van der Waals surface area contributed by atoms with Gasteiger partial charge in [0.15, 0.2) is 5.78 Å². The molecular weight excluding hydrogens is 312 g/mol. The maximum Gasteiger partial charge on any atom is 0.152 e. The van der Waals surface area contributed by atoms with E-state index in [1.807, 2.05) is 6.07 Å². The van der Waals surface area contributed by atoms with Gasteiger partial charge in [-0.1, -0.05) is 6.07 Å². The Morgan fingerprint density at radius 1 is 1.57 bits per heavy atom. The van der Waals surface area contributed by atoms with E-state index in [4.69, 9.17) is 16.9 Å². The average molecular weight is 320 g/mol. The lowest BCUT2D eigenvalue weighted by atomic mass is 10.0. The van der Waals surface area contributed by atoms with Crippen LogP contribution in [0.3, 0.4) is 0 Å². The number of alkyl halides is 1. The van der Waals surface area contributed by atoms with Crippen molar-refractivity contribution in [2.45, 2.75) is 6.42 Å². The first-order valence-electron chi connectivity index (χ1n) is 3.94. The summed E-state index contributed by atoms with van der Waals surface area (Å²) in [5.74, 6) is -0.0668. The fourth-order valence-corrected chi connectivity index (χ4v) is 1.87. The monoisotopic (exact) mass is 319 g/mol. The predicted octanol–water partition coefficient (Wildman–Crippen LogP) is 2.51. The van der Waals surface area contributed by atoms with Crippen molar-refractivity contribution in [3.8, 4) is 6.07 Å². The standard InChI is InChI=1S/C10H7ClINO/c11-5-8(14)4-9-7(6-13)2-1-3-10(9)12/h1-3H,4-5H2. The van der Waals surface area contributed by atoms with Crippen molar-refractivity contribution >= 4 is 40.0 Å². The van der Waals surface area contributed by atoms with E-state index in [1.165, 1.54) is 0 Å². The summed E-state index contributed by atoms with van der Waals surface area (Å²) in [7, 11) is 0. The van der Waals surface area contributed by atoms with Crippen LogP contribution in [0.5, 0.6) is 0 Å². The Morgan fingerprint density at radius 2 is 2.29 bits per heavy atom. The summed E-state index contributed by atoms with van der Waals surface area (Å²) in [6.45, 7) is 0.